The van der Waals surface area contributed by atoms with Gasteiger partial charge in [-0.25, -0.2) is 0 Å². The number of fused-ring (bicyclic) bond motifs is 10. The molecule has 0 saturated heterocycles. The van der Waals surface area contributed by atoms with E-state index in [4.69, 9.17) is 0 Å². The Kier molecular flexibility index (Phi) is 4.06. The zero-order valence-electron chi connectivity index (χ0n) is 21.3. The summed E-state index contributed by atoms with van der Waals surface area (Å²) in [5.41, 5.74) is 10.4. The van der Waals surface area contributed by atoms with Gasteiger partial charge >= 0.3 is 0 Å². The number of aryl methyl sites for hydroxylation is 3. The van der Waals surface area contributed by atoms with Crippen molar-refractivity contribution in [2.75, 3.05) is 0 Å². The van der Waals surface area contributed by atoms with E-state index in [0.29, 0.717) is 0 Å². The summed E-state index contributed by atoms with van der Waals surface area (Å²) >= 11 is 0. The Morgan fingerprint density at radius 3 is 1.51 bits per heavy atom. The van der Waals surface area contributed by atoms with E-state index >= 15 is 0 Å². The number of hydrogen-bond donors (Lipinski definition) is 0. The molecule has 3 heterocycles. The third-order valence-corrected chi connectivity index (χ3v) is 8.50. The third-order valence-electron chi connectivity index (χ3n) is 8.50. The molecule has 0 amide bonds. The fourth-order valence-corrected chi connectivity index (χ4v) is 6.65. The molecule has 178 valence electrons. The van der Waals surface area contributed by atoms with E-state index in [2.05, 4.69) is 132 Å². The highest BCUT2D eigenvalue weighted by molar-refractivity contribution is 6.28. The number of rotatable bonds is 2. The summed E-state index contributed by atoms with van der Waals surface area (Å²) in [7, 11) is 6.54. The van der Waals surface area contributed by atoms with E-state index < -0.39 is 0 Å². The highest BCUT2D eigenvalue weighted by atomic mass is 15.0. The van der Waals surface area contributed by atoms with Crippen LogP contribution in [-0.2, 0) is 27.6 Å². The van der Waals surface area contributed by atoms with Crippen LogP contribution < -0.4 is 0 Å². The molecule has 5 aromatic carbocycles. The predicted octanol–water partition coefficient (Wildman–Crippen LogP) is 8.21. The molecular formula is C34H27N3. The second-order valence-corrected chi connectivity index (χ2v) is 10.4. The van der Waals surface area contributed by atoms with Crippen molar-refractivity contribution in [3.63, 3.8) is 0 Å². The summed E-state index contributed by atoms with van der Waals surface area (Å²) < 4.78 is 7.00. The average Bonchev–Trinajstić information content (AvgIpc) is 3.50. The van der Waals surface area contributed by atoms with Crippen LogP contribution in [0.25, 0.3) is 65.4 Å². The van der Waals surface area contributed by atoms with Crippen LogP contribution in [0.1, 0.15) is 11.1 Å². The van der Waals surface area contributed by atoms with Crippen molar-refractivity contribution in [3.05, 3.63) is 108 Å². The molecule has 0 fully saturated rings. The fraction of sp³-hybridized carbons (Fsp3) is 0.118. The van der Waals surface area contributed by atoms with Gasteiger partial charge < -0.3 is 13.7 Å². The molecule has 0 aliphatic heterocycles. The van der Waals surface area contributed by atoms with Crippen molar-refractivity contribution in [1.29, 1.82) is 0 Å². The maximum atomic E-state index is 2.39. The number of hydrogen-bond acceptors (Lipinski definition) is 0. The lowest BCUT2D eigenvalue weighted by molar-refractivity contribution is 1.01. The molecule has 0 radical (unpaired) electrons. The Bertz CT molecular complexity index is 2200. The van der Waals surface area contributed by atoms with Gasteiger partial charge in [0.05, 0.1) is 0 Å². The minimum absolute atomic E-state index is 0.915. The molecule has 0 atom stereocenters. The molecule has 0 spiro atoms. The van der Waals surface area contributed by atoms with Gasteiger partial charge in [0.1, 0.15) is 0 Å². The highest BCUT2D eigenvalue weighted by Crippen LogP contribution is 2.39. The van der Waals surface area contributed by atoms with Gasteiger partial charge in [-0.05, 0) is 53.9 Å². The molecule has 0 aliphatic carbocycles. The minimum Gasteiger partial charge on any atom is -0.344 e. The normalized spacial score (nSPS) is 12.3. The Morgan fingerprint density at radius 1 is 0.405 bits per heavy atom. The Hall–Kier alpha value is -4.50. The van der Waals surface area contributed by atoms with E-state index in [9.17, 15) is 0 Å². The van der Waals surface area contributed by atoms with Crippen molar-refractivity contribution >= 4 is 65.4 Å². The lowest BCUT2D eigenvalue weighted by atomic mass is 10.0. The Morgan fingerprint density at radius 2 is 0.838 bits per heavy atom. The molecule has 0 N–H and O–H groups in total. The maximum Gasteiger partial charge on any atom is 0.0496 e. The minimum atomic E-state index is 0.915. The first-order chi connectivity index (χ1) is 18.1. The van der Waals surface area contributed by atoms with Crippen LogP contribution >= 0.6 is 0 Å². The molecule has 0 aliphatic rings. The lowest BCUT2D eigenvalue weighted by Gasteiger charge is -2.06. The molecule has 3 aromatic heterocycles. The number of benzene rings is 5. The third kappa shape index (κ3) is 2.71. The van der Waals surface area contributed by atoms with Crippen molar-refractivity contribution in [2.45, 2.75) is 6.42 Å². The Labute approximate surface area is 214 Å². The Balaban J connectivity index is 1.30. The zero-order valence-corrected chi connectivity index (χ0v) is 21.3. The number of nitrogens with zero attached hydrogens (tertiary/aromatic N) is 3. The van der Waals surface area contributed by atoms with Crippen LogP contribution in [-0.4, -0.2) is 13.7 Å². The molecule has 37 heavy (non-hydrogen) atoms. The number of aromatic nitrogens is 3. The van der Waals surface area contributed by atoms with Gasteiger partial charge in [-0.3, -0.25) is 0 Å². The predicted molar refractivity (Wildman–Crippen MR) is 158 cm³/mol. The van der Waals surface area contributed by atoms with E-state index in [1.165, 1.54) is 76.5 Å². The first kappa shape index (κ1) is 20.7. The summed E-state index contributed by atoms with van der Waals surface area (Å²) in [5, 5.41) is 8.01. The molecule has 0 bridgehead atoms. The van der Waals surface area contributed by atoms with Crippen LogP contribution in [0.5, 0.6) is 0 Å². The maximum absolute atomic E-state index is 2.39. The van der Waals surface area contributed by atoms with Gasteiger partial charge in [-0.2, -0.15) is 0 Å². The monoisotopic (exact) mass is 477 g/mol. The van der Waals surface area contributed by atoms with Crippen LogP contribution in [0.15, 0.2) is 97.1 Å². The van der Waals surface area contributed by atoms with Crippen molar-refractivity contribution in [1.82, 2.24) is 13.7 Å². The smallest absolute Gasteiger partial charge is 0.0496 e. The van der Waals surface area contributed by atoms with Crippen LogP contribution in [0.4, 0.5) is 0 Å². The average molecular weight is 478 g/mol. The van der Waals surface area contributed by atoms with Crippen LogP contribution in [0, 0.1) is 0 Å². The topological polar surface area (TPSA) is 14.8 Å². The fourth-order valence-electron chi connectivity index (χ4n) is 6.65. The van der Waals surface area contributed by atoms with Gasteiger partial charge in [-0.15, -0.1) is 0 Å². The summed E-state index contributed by atoms with van der Waals surface area (Å²) in [4.78, 5) is 0. The SMILES string of the molecule is Cn1c2ccccc2c2ccc(Cc3ccc4c5c6c7ccccc7n(C)c6ccc5n(C)c4c3)cc21. The molecule has 3 nitrogen and oxygen atoms in total. The summed E-state index contributed by atoms with van der Waals surface area (Å²) in [6.07, 6.45) is 0.915. The van der Waals surface area contributed by atoms with Crippen LogP contribution in [0.3, 0.4) is 0 Å². The van der Waals surface area contributed by atoms with Gasteiger partial charge in [-0.1, -0.05) is 60.7 Å². The van der Waals surface area contributed by atoms with Crippen molar-refractivity contribution in [3.8, 4) is 0 Å². The van der Waals surface area contributed by atoms with E-state index in [0.717, 1.165) is 6.42 Å². The zero-order chi connectivity index (χ0) is 24.8. The van der Waals surface area contributed by atoms with Crippen molar-refractivity contribution in [2.24, 2.45) is 21.1 Å². The standard InChI is InChI=1S/C34H27N3/c1-35-28-11-7-5-9-25(28)33-29(35)16-17-30-34(33)26-15-13-22(20-32(26)37(30)3)18-21-12-14-24-23-8-4-6-10-27(23)36(2)31(24)19-21/h4-17,19-20H,18H2,1-3H3. The summed E-state index contributed by atoms with van der Waals surface area (Å²) in [6.45, 7) is 0. The summed E-state index contributed by atoms with van der Waals surface area (Å²) in [5.74, 6) is 0. The van der Waals surface area contributed by atoms with Crippen molar-refractivity contribution < 1.29 is 0 Å². The molecule has 8 aromatic rings. The largest absolute Gasteiger partial charge is 0.344 e. The molecule has 0 unspecified atom stereocenters. The van der Waals surface area contributed by atoms with E-state index in [-0.39, 0.29) is 0 Å². The number of para-hydroxylation sites is 2. The summed E-state index contributed by atoms with van der Waals surface area (Å²) in [6, 6.07) is 36.0. The van der Waals surface area contributed by atoms with Gasteiger partial charge in [0.25, 0.3) is 0 Å². The van der Waals surface area contributed by atoms with E-state index in [1.54, 1.807) is 0 Å². The molecule has 3 heteroatoms. The highest BCUT2D eigenvalue weighted by Gasteiger charge is 2.17. The van der Waals surface area contributed by atoms with Crippen LogP contribution in [0.2, 0.25) is 0 Å². The second kappa shape index (κ2) is 7.27. The molecule has 0 saturated carbocycles. The van der Waals surface area contributed by atoms with E-state index in [1.807, 2.05) is 0 Å². The van der Waals surface area contributed by atoms with Gasteiger partial charge in [0, 0.05) is 86.6 Å². The first-order valence-electron chi connectivity index (χ1n) is 12.9. The first-order valence-corrected chi connectivity index (χ1v) is 12.9. The second-order valence-electron chi connectivity index (χ2n) is 10.4. The lowest BCUT2D eigenvalue weighted by Crippen LogP contribution is -1.92. The van der Waals surface area contributed by atoms with Gasteiger partial charge in [0.2, 0.25) is 0 Å². The molecule has 8 rings (SSSR count). The quantitative estimate of drug-likeness (QED) is 0.238. The van der Waals surface area contributed by atoms with Gasteiger partial charge in [0.15, 0.2) is 0 Å². The molecular weight excluding hydrogens is 450 g/mol.